The van der Waals surface area contributed by atoms with E-state index in [0.717, 1.165) is 0 Å². The van der Waals surface area contributed by atoms with E-state index in [1.54, 1.807) is 19.9 Å². The van der Waals surface area contributed by atoms with E-state index in [9.17, 15) is 9.59 Å². The SMILES string of the molecule is Cc1cc(C(=O)N[C@H](CC(C)C)C(=O)O)c(C)o1. The van der Waals surface area contributed by atoms with Gasteiger partial charge < -0.3 is 14.8 Å². The van der Waals surface area contributed by atoms with Gasteiger partial charge in [-0.3, -0.25) is 4.79 Å². The molecule has 0 aromatic carbocycles. The topological polar surface area (TPSA) is 79.5 Å². The number of carboxylic acids is 1. The van der Waals surface area contributed by atoms with Gasteiger partial charge in [0.2, 0.25) is 0 Å². The van der Waals surface area contributed by atoms with E-state index >= 15 is 0 Å². The molecule has 0 aliphatic carbocycles. The lowest BCUT2D eigenvalue weighted by atomic mass is 10.0. The molecule has 5 nitrogen and oxygen atoms in total. The molecule has 1 aromatic rings. The Labute approximate surface area is 106 Å². The number of amides is 1. The van der Waals surface area contributed by atoms with Gasteiger partial charge in [-0.2, -0.15) is 0 Å². The van der Waals surface area contributed by atoms with Gasteiger partial charge in [-0.1, -0.05) is 13.8 Å². The molecule has 0 aliphatic heterocycles. The summed E-state index contributed by atoms with van der Waals surface area (Å²) in [4.78, 5) is 23.0. The first kappa shape index (κ1) is 14.3. The Morgan fingerprint density at radius 1 is 1.39 bits per heavy atom. The number of nitrogens with one attached hydrogen (secondary N) is 1. The molecule has 1 amide bonds. The molecule has 100 valence electrons. The lowest BCUT2D eigenvalue weighted by molar-refractivity contribution is -0.139. The fourth-order valence-electron chi connectivity index (χ4n) is 1.79. The Balaban J connectivity index is 2.78. The third-order valence-electron chi connectivity index (χ3n) is 2.60. The number of hydrogen-bond donors (Lipinski definition) is 2. The van der Waals surface area contributed by atoms with Crippen molar-refractivity contribution in [2.45, 2.75) is 40.2 Å². The predicted molar refractivity (Wildman–Crippen MR) is 66.5 cm³/mol. The van der Waals surface area contributed by atoms with Crippen molar-refractivity contribution in [3.8, 4) is 0 Å². The van der Waals surface area contributed by atoms with Crippen LogP contribution in [-0.4, -0.2) is 23.0 Å². The molecule has 2 N–H and O–H groups in total. The summed E-state index contributed by atoms with van der Waals surface area (Å²) in [5.74, 6) is -0.0991. The monoisotopic (exact) mass is 253 g/mol. The van der Waals surface area contributed by atoms with Crippen molar-refractivity contribution in [3.63, 3.8) is 0 Å². The number of aliphatic carboxylic acids is 1. The average molecular weight is 253 g/mol. The van der Waals surface area contributed by atoms with Crippen LogP contribution in [0.3, 0.4) is 0 Å². The largest absolute Gasteiger partial charge is 0.480 e. The van der Waals surface area contributed by atoms with E-state index in [0.29, 0.717) is 23.5 Å². The van der Waals surface area contributed by atoms with Crippen molar-refractivity contribution in [3.05, 3.63) is 23.2 Å². The molecule has 0 aliphatic rings. The van der Waals surface area contributed by atoms with Crippen molar-refractivity contribution >= 4 is 11.9 Å². The number of aryl methyl sites for hydroxylation is 2. The van der Waals surface area contributed by atoms with E-state index in [1.165, 1.54) is 0 Å². The van der Waals surface area contributed by atoms with E-state index in [2.05, 4.69) is 5.32 Å². The number of carbonyl (C=O) groups is 2. The molecule has 0 saturated heterocycles. The van der Waals surface area contributed by atoms with Crippen molar-refractivity contribution in [1.82, 2.24) is 5.32 Å². The number of rotatable bonds is 5. The van der Waals surface area contributed by atoms with Crippen LogP contribution in [0.25, 0.3) is 0 Å². The second-order valence-electron chi connectivity index (χ2n) is 4.82. The lowest BCUT2D eigenvalue weighted by Crippen LogP contribution is -2.41. The molecule has 0 radical (unpaired) electrons. The fraction of sp³-hybridized carbons (Fsp3) is 0.538. The minimum atomic E-state index is -1.02. The average Bonchev–Trinajstić information content (AvgIpc) is 2.56. The van der Waals surface area contributed by atoms with Crippen LogP contribution in [0.5, 0.6) is 0 Å². The Kier molecular flexibility index (Phi) is 4.53. The van der Waals surface area contributed by atoms with E-state index in [-0.39, 0.29) is 5.92 Å². The van der Waals surface area contributed by atoms with E-state index < -0.39 is 17.9 Å². The van der Waals surface area contributed by atoms with Crippen molar-refractivity contribution in [2.75, 3.05) is 0 Å². The highest BCUT2D eigenvalue weighted by atomic mass is 16.4. The van der Waals surface area contributed by atoms with Gasteiger partial charge in [-0.05, 0) is 32.3 Å². The van der Waals surface area contributed by atoms with Crippen LogP contribution in [0.15, 0.2) is 10.5 Å². The van der Waals surface area contributed by atoms with Gasteiger partial charge in [0.05, 0.1) is 5.56 Å². The third kappa shape index (κ3) is 3.61. The van der Waals surface area contributed by atoms with Crippen molar-refractivity contribution < 1.29 is 19.1 Å². The number of carboxylic acid groups (broad SMARTS) is 1. The Morgan fingerprint density at radius 2 is 2.00 bits per heavy atom. The maximum absolute atomic E-state index is 11.9. The Bertz CT molecular complexity index is 448. The molecule has 18 heavy (non-hydrogen) atoms. The van der Waals surface area contributed by atoms with Crippen LogP contribution in [0.4, 0.5) is 0 Å². The van der Waals surface area contributed by atoms with Crippen LogP contribution in [0.1, 0.15) is 42.1 Å². The second kappa shape index (κ2) is 5.71. The molecule has 1 atom stereocenters. The summed E-state index contributed by atoms with van der Waals surface area (Å²) in [7, 11) is 0. The van der Waals surface area contributed by atoms with Gasteiger partial charge in [-0.25, -0.2) is 4.79 Å². The molecule has 0 spiro atoms. The highest BCUT2D eigenvalue weighted by molar-refractivity contribution is 5.97. The summed E-state index contributed by atoms with van der Waals surface area (Å²) in [6.45, 7) is 7.25. The first-order valence-electron chi connectivity index (χ1n) is 5.92. The molecule has 0 fully saturated rings. The van der Waals surface area contributed by atoms with Crippen molar-refractivity contribution in [1.29, 1.82) is 0 Å². The van der Waals surface area contributed by atoms with Crippen LogP contribution in [0, 0.1) is 19.8 Å². The third-order valence-corrected chi connectivity index (χ3v) is 2.60. The summed E-state index contributed by atoms with van der Waals surface area (Å²) in [5, 5.41) is 11.6. The Morgan fingerprint density at radius 3 is 2.39 bits per heavy atom. The molecular weight excluding hydrogens is 234 g/mol. The second-order valence-corrected chi connectivity index (χ2v) is 4.82. The smallest absolute Gasteiger partial charge is 0.326 e. The zero-order chi connectivity index (χ0) is 13.9. The van der Waals surface area contributed by atoms with Gasteiger partial charge in [0.15, 0.2) is 0 Å². The minimum Gasteiger partial charge on any atom is -0.480 e. The molecule has 0 bridgehead atoms. The summed E-state index contributed by atoms with van der Waals surface area (Å²) >= 11 is 0. The number of hydrogen-bond acceptors (Lipinski definition) is 3. The molecule has 0 unspecified atom stereocenters. The van der Waals surface area contributed by atoms with E-state index in [4.69, 9.17) is 9.52 Å². The quantitative estimate of drug-likeness (QED) is 0.842. The highest BCUT2D eigenvalue weighted by Gasteiger charge is 2.23. The maximum Gasteiger partial charge on any atom is 0.326 e. The summed E-state index contributed by atoms with van der Waals surface area (Å²) < 4.78 is 5.25. The summed E-state index contributed by atoms with van der Waals surface area (Å²) in [6, 6.07) is 0.742. The highest BCUT2D eigenvalue weighted by Crippen LogP contribution is 2.14. The van der Waals surface area contributed by atoms with Crippen LogP contribution >= 0.6 is 0 Å². The zero-order valence-electron chi connectivity index (χ0n) is 11.1. The van der Waals surface area contributed by atoms with Gasteiger partial charge in [0.1, 0.15) is 17.6 Å². The Hall–Kier alpha value is -1.78. The lowest BCUT2D eigenvalue weighted by Gasteiger charge is -2.16. The fourth-order valence-corrected chi connectivity index (χ4v) is 1.79. The maximum atomic E-state index is 11.9. The molecule has 1 rings (SSSR count). The first-order chi connectivity index (χ1) is 8.31. The van der Waals surface area contributed by atoms with Crippen LogP contribution in [-0.2, 0) is 4.79 Å². The summed E-state index contributed by atoms with van der Waals surface area (Å²) in [6.07, 6.45) is 0.400. The van der Waals surface area contributed by atoms with Crippen molar-refractivity contribution in [2.24, 2.45) is 5.92 Å². The number of carbonyl (C=O) groups excluding carboxylic acids is 1. The molecule has 5 heteroatoms. The van der Waals surface area contributed by atoms with Crippen LogP contribution < -0.4 is 5.32 Å². The number of furan rings is 1. The molecular formula is C13H19NO4. The van der Waals surface area contributed by atoms with Gasteiger partial charge >= 0.3 is 5.97 Å². The minimum absolute atomic E-state index is 0.193. The van der Waals surface area contributed by atoms with Gasteiger partial charge in [0.25, 0.3) is 5.91 Å². The standard InChI is InChI=1S/C13H19NO4/c1-7(2)5-11(13(16)17)14-12(15)10-6-8(3)18-9(10)4/h6-7,11H,5H2,1-4H3,(H,14,15)(H,16,17)/t11-/m1/s1. The molecule has 0 saturated carbocycles. The predicted octanol–water partition coefficient (Wildman–Crippen LogP) is 2.13. The molecule has 1 heterocycles. The van der Waals surface area contributed by atoms with Gasteiger partial charge in [-0.15, -0.1) is 0 Å². The normalized spacial score (nSPS) is 12.5. The molecule has 1 aromatic heterocycles. The van der Waals surface area contributed by atoms with Crippen LogP contribution in [0.2, 0.25) is 0 Å². The summed E-state index contributed by atoms with van der Waals surface area (Å²) in [5.41, 5.74) is 0.391. The van der Waals surface area contributed by atoms with E-state index in [1.807, 2.05) is 13.8 Å². The first-order valence-corrected chi connectivity index (χ1v) is 5.92. The van der Waals surface area contributed by atoms with Gasteiger partial charge in [0, 0.05) is 0 Å². The zero-order valence-corrected chi connectivity index (χ0v) is 11.1.